The second kappa shape index (κ2) is 9.51. The molecule has 1 amide bonds. The Kier molecular flexibility index (Phi) is 6.43. The van der Waals surface area contributed by atoms with Crippen molar-refractivity contribution in [1.82, 2.24) is 19.5 Å². The van der Waals surface area contributed by atoms with Crippen LogP contribution in [0, 0.1) is 17.6 Å². The van der Waals surface area contributed by atoms with Crippen molar-refractivity contribution < 1.29 is 23.4 Å². The Morgan fingerprint density at radius 2 is 1.89 bits per heavy atom. The van der Waals surface area contributed by atoms with Crippen LogP contribution in [-0.4, -0.2) is 55.9 Å². The Bertz CT molecular complexity index is 1240. The molecule has 1 saturated carbocycles. The first-order valence-electron chi connectivity index (χ1n) is 11.3. The van der Waals surface area contributed by atoms with Crippen LogP contribution in [0.4, 0.5) is 26.4 Å². The van der Waals surface area contributed by atoms with E-state index in [1.807, 2.05) is 0 Å². The van der Waals surface area contributed by atoms with Gasteiger partial charge >= 0.3 is 0 Å². The van der Waals surface area contributed by atoms with E-state index in [1.54, 1.807) is 4.57 Å². The maximum absolute atomic E-state index is 14.5. The molecule has 35 heavy (non-hydrogen) atoms. The van der Waals surface area contributed by atoms with E-state index >= 15 is 0 Å². The highest BCUT2D eigenvalue weighted by atomic mass is 35.5. The number of halogens is 3. The summed E-state index contributed by atoms with van der Waals surface area (Å²) in [4.78, 5) is 25.0. The van der Waals surface area contributed by atoms with Gasteiger partial charge < -0.3 is 26.2 Å². The van der Waals surface area contributed by atoms with E-state index in [-0.39, 0.29) is 47.4 Å². The average Bonchev–Trinajstić information content (AvgIpc) is 3.38. The van der Waals surface area contributed by atoms with Crippen molar-refractivity contribution in [2.45, 2.75) is 43.9 Å². The fourth-order valence-corrected chi connectivity index (χ4v) is 4.82. The first kappa shape index (κ1) is 23.6. The molecule has 2 aliphatic rings. The lowest BCUT2D eigenvalue weighted by Gasteiger charge is -2.29. The third kappa shape index (κ3) is 4.73. The normalized spacial score (nSPS) is 24.6. The zero-order chi connectivity index (χ0) is 24.7. The first-order valence-corrected chi connectivity index (χ1v) is 11.7. The largest absolute Gasteiger partial charge is 0.388 e. The van der Waals surface area contributed by atoms with Gasteiger partial charge in [-0.25, -0.2) is 18.7 Å². The van der Waals surface area contributed by atoms with Gasteiger partial charge in [-0.3, -0.25) is 9.36 Å². The quantitative estimate of drug-likeness (QED) is 0.399. The number of imidazole rings is 1. The molecule has 1 aromatic carbocycles. The van der Waals surface area contributed by atoms with Crippen molar-refractivity contribution >= 4 is 46.3 Å². The van der Waals surface area contributed by atoms with Gasteiger partial charge in [-0.05, 0) is 37.8 Å². The minimum Gasteiger partial charge on any atom is -0.388 e. The molecule has 1 aliphatic carbocycles. The van der Waals surface area contributed by atoms with Crippen molar-refractivity contribution in [1.29, 1.82) is 0 Å². The van der Waals surface area contributed by atoms with Crippen molar-refractivity contribution in [3.05, 3.63) is 35.0 Å². The molecule has 0 spiro atoms. The Morgan fingerprint density at radius 3 is 2.51 bits per heavy atom. The van der Waals surface area contributed by atoms with E-state index < -0.39 is 23.4 Å². The number of hydrogen-bond acceptors (Lipinski definition) is 8. The number of fused-ring (bicyclic) bond motifs is 1. The van der Waals surface area contributed by atoms with Gasteiger partial charge in [0.1, 0.15) is 11.2 Å². The van der Waals surface area contributed by atoms with Crippen molar-refractivity contribution in [2.75, 3.05) is 23.8 Å². The summed E-state index contributed by atoms with van der Waals surface area (Å²) in [6.45, 7) is 0.522. The molecule has 0 unspecified atom stereocenters. The second-order valence-electron chi connectivity index (χ2n) is 8.84. The van der Waals surface area contributed by atoms with Crippen LogP contribution in [0.5, 0.6) is 0 Å². The molecular weight excluding hydrogens is 484 g/mol. The van der Waals surface area contributed by atoms with Gasteiger partial charge in [0.25, 0.3) is 0 Å². The van der Waals surface area contributed by atoms with Crippen LogP contribution in [0.25, 0.3) is 11.2 Å². The number of aromatic nitrogens is 4. The van der Waals surface area contributed by atoms with E-state index in [4.69, 9.17) is 22.1 Å². The molecule has 5 rings (SSSR count). The number of aliphatic hydroxyl groups is 1. The number of aliphatic hydroxyl groups excluding tert-OH is 1. The summed E-state index contributed by atoms with van der Waals surface area (Å²) in [7, 11) is 0. The van der Waals surface area contributed by atoms with E-state index in [2.05, 4.69) is 25.6 Å². The van der Waals surface area contributed by atoms with Crippen LogP contribution in [0.15, 0.2) is 18.3 Å². The third-order valence-electron chi connectivity index (χ3n) is 6.51. The number of anilines is 3. The number of nitrogens with zero attached hydrogens (tertiary/aromatic N) is 4. The van der Waals surface area contributed by atoms with Crippen LogP contribution in [0.1, 0.15) is 31.7 Å². The number of primary amides is 1. The fourth-order valence-electron chi connectivity index (χ4n) is 4.63. The lowest BCUT2D eigenvalue weighted by atomic mass is 9.85. The summed E-state index contributed by atoms with van der Waals surface area (Å²) >= 11 is 5.76. The predicted molar refractivity (Wildman–Crippen MR) is 124 cm³/mol. The summed E-state index contributed by atoms with van der Waals surface area (Å²) in [5, 5.41) is 15.8. The van der Waals surface area contributed by atoms with Crippen molar-refractivity contribution in [3.8, 4) is 0 Å². The van der Waals surface area contributed by atoms with Crippen LogP contribution in [-0.2, 0) is 9.53 Å². The Balaban J connectivity index is 1.54. The van der Waals surface area contributed by atoms with Crippen molar-refractivity contribution in [3.63, 3.8) is 0 Å². The van der Waals surface area contributed by atoms with E-state index in [0.717, 1.165) is 12.1 Å². The maximum Gasteiger partial charge on any atom is 0.225 e. The molecule has 3 heterocycles. The molecule has 0 radical (unpaired) electrons. The van der Waals surface area contributed by atoms with Gasteiger partial charge in [0, 0.05) is 17.0 Å². The zero-order valence-corrected chi connectivity index (χ0v) is 19.3. The third-order valence-corrected chi connectivity index (χ3v) is 6.72. The number of nitrogens with two attached hydrogens (primary N) is 1. The number of amides is 1. The molecule has 1 saturated heterocycles. The molecule has 5 N–H and O–H groups in total. The number of ether oxygens (including phenoxy) is 1. The molecule has 186 valence electrons. The topological polar surface area (TPSA) is 140 Å². The van der Waals surface area contributed by atoms with Gasteiger partial charge in [0.05, 0.1) is 31.6 Å². The molecule has 2 aromatic heterocycles. The summed E-state index contributed by atoms with van der Waals surface area (Å²) < 4.78 is 36.1. The Hall–Kier alpha value is -3.09. The van der Waals surface area contributed by atoms with Crippen LogP contribution in [0.3, 0.4) is 0 Å². The van der Waals surface area contributed by atoms with Gasteiger partial charge in [-0.1, -0.05) is 11.6 Å². The number of hydrogen-bond donors (Lipinski definition) is 4. The fraction of sp³-hybridized carbons (Fsp3) is 0.455. The zero-order valence-electron chi connectivity index (χ0n) is 18.5. The number of benzene rings is 1. The molecular formula is C22H24ClF2N7O3. The Labute approximate surface area is 203 Å². The minimum absolute atomic E-state index is 0.0662. The molecule has 13 heteroatoms. The lowest BCUT2D eigenvalue weighted by molar-refractivity contribution is -0.122. The van der Waals surface area contributed by atoms with E-state index in [9.17, 15) is 18.7 Å². The molecule has 2 atom stereocenters. The molecule has 3 aromatic rings. The Morgan fingerprint density at radius 1 is 1.17 bits per heavy atom. The van der Waals surface area contributed by atoms with Crippen LogP contribution in [0.2, 0.25) is 5.02 Å². The molecule has 10 nitrogen and oxygen atoms in total. The van der Waals surface area contributed by atoms with Gasteiger partial charge in [0.2, 0.25) is 17.8 Å². The highest BCUT2D eigenvalue weighted by Gasteiger charge is 2.31. The molecule has 2 fully saturated rings. The maximum atomic E-state index is 14.5. The highest BCUT2D eigenvalue weighted by Crippen LogP contribution is 2.37. The first-order chi connectivity index (χ1) is 16.8. The number of nitrogens with one attached hydrogen (secondary N) is 2. The van der Waals surface area contributed by atoms with E-state index in [1.165, 1.54) is 6.20 Å². The lowest BCUT2D eigenvalue weighted by Crippen LogP contribution is -2.32. The van der Waals surface area contributed by atoms with E-state index in [0.29, 0.717) is 43.5 Å². The van der Waals surface area contributed by atoms with Crippen LogP contribution >= 0.6 is 11.6 Å². The monoisotopic (exact) mass is 507 g/mol. The van der Waals surface area contributed by atoms with Gasteiger partial charge in [0.15, 0.2) is 17.3 Å². The SMILES string of the molecule is NC(=O)C1CCC(n2c(Nc3c(F)cc(Cl)cc3F)nc3cnc(N[C@@H]4COC[C@H]4O)nc32)CC1. The van der Waals surface area contributed by atoms with Gasteiger partial charge in [-0.2, -0.15) is 4.98 Å². The number of carbonyl (C=O) groups is 1. The molecule has 1 aliphatic heterocycles. The predicted octanol–water partition coefficient (Wildman–Crippen LogP) is 2.89. The minimum atomic E-state index is -0.866. The number of rotatable bonds is 6. The smallest absolute Gasteiger partial charge is 0.225 e. The van der Waals surface area contributed by atoms with Crippen molar-refractivity contribution in [2.24, 2.45) is 11.7 Å². The summed E-state index contributed by atoms with van der Waals surface area (Å²) in [6, 6.07) is 1.49. The number of carbonyl (C=O) groups excluding carboxylic acids is 1. The summed E-state index contributed by atoms with van der Waals surface area (Å²) in [5.41, 5.74) is 5.94. The average molecular weight is 508 g/mol. The standard InChI is InChI=1S/C22H24ClF2N7O3/c23-11-5-13(24)18(14(25)6-11)30-22-29-15-7-27-21(28-16-8-35-9-17(16)33)31-20(15)32(22)12-3-1-10(2-4-12)19(26)34/h5-7,10,12,16-17,33H,1-4,8-9H2,(H2,26,34)(H,29,30)(H,27,28,31)/t10?,12?,16-,17-/m1/s1. The second-order valence-corrected chi connectivity index (χ2v) is 9.28. The van der Waals surface area contributed by atoms with Gasteiger partial charge in [-0.15, -0.1) is 0 Å². The summed E-state index contributed by atoms with van der Waals surface area (Å²) in [6.07, 6.45) is 3.15. The summed E-state index contributed by atoms with van der Waals surface area (Å²) in [5.74, 6) is -1.86. The van der Waals surface area contributed by atoms with Crippen LogP contribution < -0.4 is 16.4 Å². The highest BCUT2D eigenvalue weighted by molar-refractivity contribution is 6.30. The molecule has 0 bridgehead atoms.